The van der Waals surface area contributed by atoms with Crippen molar-refractivity contribution in [3.63, 3.8) is 0 Å². The lowest BCUT2D eigenvalue weighted by atomic mass is 9.87. The molecule has 29 heavy (non-hydrogen) atoms. The van der Waals surface area contributed by atoms with Gasteiger partial charge < -0.3 is 9.64 Å². The number of aryl methyl sites for hydroxylation is 2. The van der Waals surface area contributed by atoms with E-state index < -0.39 is 4.92 Å². The van der Waals surface area contributed by atoms with Crippen molar-refractivity contribution in [2.45, 2.75) is 26.7 Å². The lowest BCUT2D eigenvalue weighted by Crippen LogP contribution is -2.42. The number of benzene rings is 2. The monoisotopic (exact) mass is 396 g/mol. The highest BCUT2D eigenvalue weighted by molar-refractivity contribution is 5.99. The Morgan fingerprint density at radius 2 is 1.86 bits per heavy atom. The number of nitrogens with zero attached hydrogens (tertiary/aromatic N) is 2. The smallest absolute Gasteiger partial charge is 0.273 e. The number of hydrogen-bond donors (Lipinski definition) is 0. The average molecular weight is 396 g/mol. The first-order valence-electron chi connectivity index (χ1n) is 9.61. The van der Waals surface area contributed by atoms with E-state index in [9.17, 15) is 19.7 Å². The van der Waals surface area contributed by atoms with Crippen molar-refractivity contribution in [2.75, 3.05) is 19.7 Å². The summed E-state index contributed by atoms with van der Waals surface area (Å²) in [5, 5.41) is 10.8. The molecule has 152 valence electrons. The van der Waals surface area contributed by atoms with Gasteiger partial charge in [0.1, 0.15) is 5.75 Å². The molecule has 0 spiro atoms. The number of amides is 1. The highest BCUT2D eigenvalue weighted by atomic mass is 16.6. The van der Waals surface area contributed by atoms with Gasteiger partial charge in [-0.25, -0.2) is 0 Å². The van der Waals surface area contributed by atoms with E-state index >= 15 is 0 Å². The molecule has 1 fully saturated rings. The summed E-state index contributed by atoms with van der Waals surface area (Å²) in [6.45, 7) is 4.76. The molecule has 0 atom stereocenters. The van der Waals surface area contributed by atoms with E-state index in [0.717, 1.165) is 16.7 Å². The summed E-state index contributed by atoms with van der Waals surface area (Å²) in [5.74, 6) is 0.155. The number of non-ortho nitro benzene ring substituents is 1. The SMILES string of the molecule is Cc1ccc(C(=O)C2CCN(C(=O)COc3cccc([N+](=O)[O-])c3)CC2)c(C)c1. The summed E-state index contributed by atoms with van der Waals surface area (Å²) in [5.41, 5.74) is 2.79. The van der Waals surface area contributed by atoms with Crippen LogP contribution < -0.4 is 4.74 Å². The van der Waals surface area contributed by atoms with Gasteiger partial charge in [0.15, 0.2) is 12.4 Å². The van der Waals surface area contributed by atoms with E-state index in [-0.39, 0.29) is 35.7 Å². The minimum absolute atomic E-state index is 0.0827. The minimum Gasteiger partial charge on any atom is -0.484 e. The Balaban J connectivity index is 1.52. The van der Waals surface area contributed by atoms with Crippen molar-refractivity contribution in [1.29, 1.82) is 0 Å². The molecular formula is C22H24N2O5. The van der Waals surface area contributed by atoms with Gasteiger partial charge >= 0.3 is 0 Å². The van der Waals surface area contributed by atoms with E-state index in [4.69, 9.17) is 4.74 Å². The van der Waals surface area contributed by atoms with Gasteiger partial charge in [0.2, 0.25) is 0 Å². The van der Waals surface area contributed by atoms with Gasteiger partial charge in [-0.2, -0.15) is 0 Å². The molecule has 0 bridgehead atoms. The van der Waals surface area contributed by atoms with E-state index in [1.807, 2.05) is 32.0 Å². The molecular weight excluding hydrogens is 372 g/mol. The van der Waals surface area contributed by atoms with Gasteiger partial charge in [-0.15, -0.1) is 0 Å². The van der Waals surface area contributed by atoms with Crippen LogP contribution in [0.4, 0.5) is 5.69 Å². The highest BCUT2D eigenvalue weighted by Gasteiger charge is 2.28. The number of ether oxygens (including phenoxy) is 1. The van der Waals surface area contributed by atoms with Crippen LogP contribution in [0.5, 0.6) is 5.75 Å². The molecule has 3 rings (SSSR count). The number of ketones is 1. The molecule has 7 nitrogen and oxygen atoms in total. The molecule has 1 aliphatic rings. The van der Waals surface area contributed by atoms with Crippen LogP contribution in [-0.2, 0) is 4.79 Å². The second-order valence-electron chi connectivity index (χ2n) is 7.38. The number of carbonyl (C=O) groups is 2. The molecule has 0 N–H and O–H groups in total. The summed E-state index contributed by atoms with van der Waals surface area (Å²) in [6, 6.07) is 11.6. The number of likely N-dealkylation sites (tertiary alicyclic amines) is 1. The number of carbonyl (C=O) groups excluding carboxylic acids is 2. The molecule has 1 amide bonds. The molecule has 1 aliphatic heterocycles. The van der Waals surface area contributed by atoms with Crippen molar-refractivity contribution in [1.82, 2.24) is 4.90 Å². The first-order chi connectivity index (χ1) is 13.8. The third-order valence-corrected chi connectivity index (χ3v) is 5.26. The largest absolute Gasteiger partial charge is 0.484 e. The van der Waals surface area contributed by atoms with E-state index in [1.54, 1.807) is 11.0 Å². The second-order valence-corrected chi connectivity index (χ2v) is 7.38. The fourth-order valence-corrected chi connectivity index (χ4v) is 3.62. The summed E-state index contributed by atoms with van der Waals surface area (Å²) in [7, 11) is 0. The molecule has 2 aromatic rings. The molecule has 0 aliphatic carbocycles. The second kappa shape index (κ2) is 8.86. The predicted molar refractivity (Wildman–Crippen MR) is 108 cm³/mol. The molecule has 0 radical (unpaired) electrons. The maximum absolute atomic E-state index is 12.8. The van der Waals surface area contributed by atoms with Gasteiger partial charge in [0.25, 0.3) is 11.6 Å². The number of hydrogen-bond acceptors (Lipinski definition) is 5. The maximum Gasteiger partial charge on any atom is 0.273 e. The zero-order chi connectivity index (χ0) is 21.0. The Labute approximate surface area is 169 Å². The van der Waals surface area contributed by atoms with Crippen molar-refractivity contribution in [3.8, 4) is 5.75 Å². The molecule has 0 unspecified atom stereocenters. The van der Waals surface area contributed by atoms with Gasteiger partial charge in [-0.3, -0.25) is 19.7 Å². The van der Waals surface area contributed by atoms with Crippen molar-refractivity contribution in [3.05, 3.63) is 69.3 Å². The number of piperidine rings is 1. The Bertz CT molecular complexity index is 933. The Morgan fingerprint density at radius 3 is 2.52 bits per heavy atom. The van der Waals surface area contributed by atoms with Crippen LogP contribution in [0, 0.1) is 29.9 Å². The normalized spacial score (nSPS) is 14.5. The number of Topliss-reactive ketones (excluding diaryl/α,β-unsaturated/α-hetero) is 1. The van der Waals surface area contributed by atoms with Crippen molar-refractivity contribution in [2.24, 2.45) is 5.92 Å². The molecule has 0 aromatic heterocycles. The van der Waals surface area contributed by atoms with E-state index in [1.165, 1.54) is 18.2 Å². The zero-order valence-corrected chi connectivity index (χ0v) is 16.6. The standard InChI is InChI=1S/C22H24N2O5/c1-15-6-7-20(16(2)12-15)22(26)17-8-10-23(11-9-17)21(25)14-29-19-5-3-4-18(13-19)24(27)28/h3-7,12-13,17H,8-11,14H2,1-2H3. The van der Waals surface area contributed by atoms with Gasteiger partial charge in [-0.05, 0) is 38.3 Å². The Kier molecular flexibility index (Phi) is 6.26. The maximum atomic E-state index is 12.8. The number of nitro groups is 1. The third-order valence-electron chi connectivity index (χ3n) is 5.26. The molecule has 1 saturated heterocycles. The fraction of sp³-hybridized carbons (Fsp3) is 0.364. The molecule has 0 saturated carbocycles. The van der Waals surface area contributed by atoms with Crippen LogP contribution in [0.2, 0.25) is 0 Å². The number of rotatable bonds is 6. The molecule has 1 heterocycles. The Morgan fingerprint density at radius 1 is 1.14 bits per heavy atom. The first kappa shape index (κ1) is 20.5. The van der Waals surface area contributed by atoms with Crippen LogP contribution in [0.1, 0.15) is 34.3 Å². The van der Waals surface area contributed by atoms with Gasteiger partial charge in [0.05, 0.1) is 11.0 Å². The Hall–Kier alpha value is -3.22. The molecule has 2 aromatic carbocycles. The summed E-state index contributed by atoms with van der Waals surface area (Å²) >= 11 is 0. The average Bonchev–Trinajstić information content (AvgIpc) is 2.72. The van der Waals surface area contributed by atoms with Crippen molar-refractivity contribution >= 4 is 17.4 Å². The molecule has 7 heteroatoms. The quantitative estimate of drug-likeness (QED) is 0.422. The first-order valence-corrected chi connectivity index (χ1v) is 9.61. The van der Waals surface area contributed by atoms with Gasteiger partial charge in [0, 0.05) is 30.6 Å². The van der Waals surface area contributed by atoms with Gasteiger partial charge in [-0.1, -0.05) is 29.8 Å². The van der Waals surface area contributed by atoms with Crippen LogP contribution >= 0.6 is 0 Å². The fourth-order valence-electron chi connectivity index (χ4n) is 3.62. The zero-order valence-electron chi connectivity index (χ0n) is 16.6. The lowest BCUT2D eigenvalue weighted by molar-refractivity contribution is -0.384. The highest BCUT2D eigenvalue weighted by Crippen LogP contribution is 2.24. The summed E-state index contributed by atoms with van der Waals surface area (Å²) in [6.07, 6.45) is 1.24. The third kappa shape index (κ3) is 4.99. The lowest BCUT2D eigenvalue weighted by Gasteiger charge is -2.31. The summed E-state index contributed by atoms with van der Waals surface area (Å²) < 4.78 is 5.42. The van der Waals surface area contributed by atoms with Crippen LogP contribution in [-0.4, -0.2) is 41.2 Å². The van der Waals surface area contributed by atoms with Crippen LogP contribution in [0.25, 0.3) is 0 Å². The van der Waals surface area contributed by atoms with Crippen LogP contribution in [0.15, 0.2) is 42.5 Å². The van der Waals surface area contributed by atoms with Crippen LogP contribution in [0.3, 0.4) is 0 Å². The van der Waals surface area contributed by atoms with Crippen molar-refractivity contribution < 1.29 is 19.2 Å². The predicted octanol–water partition coefficient (Wildman–Crippen LogP) is 3.71. The van der Waals surface area contributed by atoms with E-state index in [0.29, 0.717) is 25.9 Å². The number of nitro benzene ring substituents is 1. The summed E-state index contributed by atoms with van der Waals surface area (Å²) in [4.78, 5) is 37.2. The van der Waals surface area contributed by atoms with E-state index in [2.05, 4.69) is 0 Å². The topological polar surface area (TPSA) is 89.8 Å². The minimum atomic E-state index is -0.508.